The Bertz CT molecular complexity index is 463. The van der Waals surface area contributed by atoms with Crippen molar-refractivity contribution in [3.63, 3.8) is 0 Å². The molecule has 0 N–H and O–H groups in total. The molecule has 0 aliphatic carbocycles. The molecule has 0 fully saturated rings. The molecule has 1 heterocycles. The maximum Gasteiger partial charge on any atom is 0.351 e. The zero-order chi connectivity index (χ0) is 13.0. The van der Waals surface area contributed by atoms with E-state index in [0.717, 1.165) is 6.42 Å². The van der Waals surface area contributed by atoms with Crippen molar-refractivity contribution >= 4 is 11.8 Å². The van der Waals surface area contributed by atoms with Crippen molar-refractivity contribution in [2.45, 2.75) is 33.1 Å². The average Bonchev–Trinajstić information content (AvgIpc) is 2.28. The minimum Gasteiger partial charge on any atom is -0.388 e. The second-order valence-corrected chi connectivity index (χ2v) is 4.03. The van der Waals surface area contributed by atoms with Crippen LogP contribution >= 0.6 is 0 Å². The van der Waals surface area contributed by atoms with E-state index < -0.39 is 5.63 Å². The van der Waals surface area contributed by atoms with Crippen molar-refractivity contribution in [2.75, 3.05) is 19.0 Å². The number of hydrogen-bond acceptors (Lipinski definition) is 5. The number of nitrogens with zero attached hydrogens (tertiary/aromatic N) is 2. The van der Waals surface area contributed by atoms with Gasteiger partial charge in [-0.25, -0.2) is 9.78 Å². The zero-order valence-corrected chi connectivity index (χ0v) is 10.7. The Balaban J connectivity index is 3.38. The number of anilines is 1. The molecule has 0 spiro atoms. The monoisotopic (exact) mass is 238 g/mol. The second kappa shape index (κ2) is 5.61. The molecule has 0 saturated heterocycles. The predicted molar refractivity (Wildman–Crippen MR) is 65.7 cm³/mol. The Morgan fingerprint density at radius 3 is 2.47 bits per heavy atom. The summed E-state index contributed by atoms with van der Waals surface area (Å²) in [7, 11) is 3.48. The molecule has 0 unspecified atom stereocenters. The van der Waals surface area contributed by atoms with Crippen molar-refractivity contribution in [1.29, 1.82) is 0 Å². The van der Waals surface area contributed by atoms with Crippen LogP contribution in [0.5, 0.6) is 0 Å². The van der Waals surface area contributed by atoms with E-state index in [4.69, 9.17) is 4.42 Å². The highest BCUT2D eigenvalue weighted by Crippen LogP contribution is 2.12. The first-order valence-corrected chi connectivity index (χ1v) is 5.75. The van der Waals surface area contributed by atoms with E-state index in [1.807, 2.05) is 6.92 Å². The third-order valence-corrected chi connectivity index (χ3v) is 2.38. The fourth-order valence-corrected chi connectivity index (χ4v) is 1.51. The zero-order valence-electron chi connectivity index (χ0n) is 10.7. The largest absolute Gasteiger partial charge is 0.388 e. The van der Waals surface area contributed by atoms with Crippen LogP contribution in [-0.4, -0.2) is 24.9 Å². The lowest BCUT2D eigenvalue weighted by Crippen LogP contribution is -2.22. The maximum absolute atomic E-state index is 11.8. The van der Waals surface area contributed by atoms with Crippen molar-refractivity contribution in [3.8, 4) is 0 Å². The van der Waals surface area contributed by atoms with Crippen LogP contribution < -0.4 is 10.5 Å². The van der Waals surface area contributed by atoms with E-state index in [2.05, 4.69) is 4.98 Å². The SMILES string of the molecule is CCCc1nc(N(C)C)oc(=O)c1C(=O)CC. The molecule has 0 aromatic carbocycles. The first-order valence-electron chi connectivity index (χ1n) is 5.75. The van der Waals surface area contributed by atoms with Crippen LogP contribution in [0.25, 0.3) is 0 Å². The third kappa shape index (κ3) is 2.93. The fourth-order valence-electron chi connectivity index (χ4n) is 1.51. The topological polar surface area (TPSA) is 63.4 Å². The number of hydrogen-bond donors (Lipinski definition) is 0. The van der Waals surface area contributed by atoms with Gasteiger partial charge in [-0.1, -0.05) is 20.3 Å². The first-order chi connectivity index (χ1) is 8.01. The molecule has 1 aromatic rings. The molecule has 5 heteroatoms. The standard InChI is InChI=1S/C12H18N2O3/c1-5-7-8-10(9(15)6-2)11(16)17-12(13-8)14(3)4/h5-7H2,1-4H3. The molecule has 0 amide bonds. The van der Waals surface area contributed by atoms with Gasteiger partial charge >= 0.3 is 5.63 Å². The summed E-state index contributed by atoms with van der Waals surface area (Å²) in [5.74, 6) is -0.208. The summed E-state index contributed by atoms with van der Waals surface area (Å²) < 4.78 is 5.02. The molecule has 0 bridgehead atoms. The summed E-state index contributed by atoms with van der Waals surface area (Å²) in [6.07, 6.45) is 1.71. The fraction of sp³-hybridized carbons (Fsp3) is 0.583. The molecule has 0 aliphatic heterocycles. The van der Waals surface area contributed by atoms with E-state index in [1.165, 1.54) is 0 Å². The quantitative estimate of drug-likeness (QED) is 0.730. The van der Waals surface area contributed by atoms with Crippen molar-refractivity contribution in [2.24, 2.45) is 0 Å². The van der Waals surface area contributed by atoms with Crippen LogP contribution in [0.4, 0.5) is 6.01 Å². The molecule has 1 rings (SSSR count). The Kier molecular flexibility index (Phi) is 4.43. The highest BCUT2D eigenvalue weighted by molar-refractivity contribution is 5.96. The number of rotatable bonds is 5. The summed E-state index contributed by atoms with van der Waals surface area (Å²) in [6.45, 7) is 3.70. The molecule has 0 aliphatic rings. The maximum atomic E-state index is 11.8. The van der Waals surface area contributed by atoms with Gasteiger partial charge in [0, 0.05) is 20.5 Å². The number of aromatic nitrogens is 1. The lowest BCUT2D eigenvalue weighted by atomic mass is 10.1. The van der Waals surface area contributed by atoms with E-state index >= 15 is 0 Å². The van der Waals surface area contributed by atoms with E-state index in [9.17, 15) is 9.59 Å². The highest BCUT2D eigenvalue weighted by Gasteiger charge is 2.19. The Hall–Kier alpha value is -1.65. The molecular weight excluding hydrogens is 220 g/mol. The molecule has 1 aromatic heterocycles. The summed E-state index contributed by atoms with van der Waals surface area (Å²) in [5, 5.41) is 0. The van der Waals surface area contributed by atoms with Crippen LogP contribution in [0.1, 0.15) is 42.7 Å². The summed E-state index contributed by atoms with van der Waals surface area (Å²) in [5.41, 5.74) is 0.0678. The number of aryl methyl sites for hydroxylation is 1. The van der Waals surface area contributed by atoms with Gasteiger partial charge in [-0.05, 0) is 6.42 Å². The smallest absolute Gasteiger partial charge is 0.351 e. The number of ketones is 1. The van der Waals surface area contributed by atoms with Gasteiger partial charge in [-0.3, -0.25) is 4.79 Å². The number of carbonyl (C=O) groups is 1. The van der Waals surface area contributed by atoms with Crippen LogP contribution in [0.3, 0.4) is 0 Å². The van der Waals surface area contributed by atoms with Gasteiger partial charge in [0.1, 0.15) is 5.56 Å². The summed E-state index contributed by atoms with van der Waals surface area (Å²) >= 11 is 0. The number of Topliss-reactive ketones (excluding diaryl/α,β-unsaturated/α-hetero) is 1. The lowest BCUT2D eigenvalue weighted by Gasteiger charge is -2.11. The van der Waals surface area contributed by atoms with Gasteiger partial charge in [0.25, 0.3) is 6.01 Å². The minimum atomic E-state index is -0.584. The van der Waals surface area contributed by atoms with Gasteiger partial charge in [0.15, 0.2) is 5.78 Å². The normalized spacial score (nSPS) is 10.4. The van der Waals surface area contributed by atoms with Crippen LogP contribution in [-0.2, 0) is 6.42 Å². The van der Waals surface area contributed by atoms with E-state index in [-0.39, 0.29) is 23.8 Å². The Morgan fingerprint density at radius 1 is 1.35 bits per heavy atom. The van der Waals surface area contributed by atoms with E-state index in [0.29, 0.717) is 12.1 Å². The molecular formula is C12H18N2O3. The lowest BCUT2D eigenvalue weighted by molar-refractivity contribution is 0.0982. The molecule has 94 valence electrons. The van der Waals surface area contributed by atoms with E-state index in [1.54, 1.807) is 25.9 Å². The van der Waals surface area contributed by atoms with Crippen molar-refractivity contribution in [1.82, 2.24) is 4.98 Å². The first kappa shape index (κ1) is 13.4. The highest BCUT2D eigenvalue weighted by atomic mass is 16.4. The Morgan fingerprint density at radius 2 is 2.00 bits per heavy atom. The summed E-state index contributed by atoms with van der Waals surface area (Å²) in [6, 6.07) is 0.242. The van der Waals surface area contributed by atoms with Crippen LogP contribution in [0.2, 0.25) is 0 Å². The average molecular weight is 238 g/mol. The third-order valence-electron chi connectivity index (χ3n) is 2.38. The predicted octanol–water partition coefficient (Wildman–Crippen LogP) is 1.65. The minimum absolute atomic E-state index is 0.111. The number of carbonyl (C=O) groups excluding carboxylic acids is 1. The van der Waals surface area contributed by atoms with Gasteiger partial charge in [-0.2, -0.15) is 0 Å². The van der Waals surface area contributed by atoms with Gasteiger partial charge < -0.3 is 9.32 Å². The second-order valence-electron chi connectivity index (χ2n) is 4.03. The van der Waals surface area contributed by atoms with Gasteiger partial charge in [0.2, 0.25) is 0 Å². The van der Waals surface area contributed by atoms with Crippen LogP contribution in [0.15, 0.2) is 9.21 Å². The Labute approximate surface area is 100 Å². The van der Waals surface area contributed by atoms with Crippen LogP contribution in [0, 0.1) is 0 Å². The molecule has 0 saturated carbocycles. The molecule has 17 heavy (non-hydrogen) atoms. The van der Waals surface area contributed by atoms with Gasteiger partial charge in [0.05, 0.1) is 5.69 Å². The van der Waals surface area contributed by atoms with Crippen molar-refractivity contribution < 1.29 is 9.21 Å². The molecule has 5 nitrogen and oxygen atoms in total. The van der Waals surface area contributed by atoms with Gasteiger partial charge in [-0.15, -0.1) is 0 Å². The summed E-state index contributed by atoms with van der Waals surface area (Å²) in [4.78, 5) is 29.3. The molecule has 0 atom stereocenters. The molecule has 0 radical (unpaired) electrons. The van der Waals surface area contributed by atoms with Crippen molar-refractivity contribution in [3.05, 3.63) is 21.7 Å².